The van der Waals surface area contributed by atoms with Crippen molar-refractivity contribution in [1.82, 2.24) is 19.4 Å². The molecule has 2 N–H and O–H groups in total. The van der Waals surface area contributed by atoms with Gasteiger partial charge in [0.25, 0.3) is 5.56 Å². The number of carbonyl (C=O) groups is 1. The first-order valence-corrected chi connectivity index (χ1v) is 8.91. The smallest absolute Gasteiger partial charge is 0.255 e. The molecule has 2 fully saturated rings. The molecule has 1 aromatic rings. The molecule has 0 spiro atoms. The van der Waals surface area contributed by atoms with Crippen molar-refractivity contribution < 1.29 is 9.90 Å². The molecule has 1 atom stereocenters. The van der Waals surface area contributed by atoms with E-state index in [2.05, 4.69) is 22.2 Å². The van der Waals surface area contributed by atoms with Gasteiger partial charge in [-0.3, -0.25) is 14.2 Å². The monoisotopic (exact) mass is 349 g/mol. The first-order valence-electron chi connectivity index (χ1n) is 8.91. The number of carbonyl (C=O) groups excluding carboxylic acids is 1. The van der Waals surface area contributed by atoms with Crippen LogP contribution in [0.4, 0.5) is 5.82 Å². The number of hydrogen-bond donors (Lipinski definition) is 2. The molecule has 0 bridgehead atoms. The molecule has 2 aliphatic rings. The Hall–Kier alpha value is -1.93. The second-order valence-corrected chi connectivity index (χ2v) is 7.26. The van der Waals surface area contributed by atoms with Crippen LogP contribution in [0.15, 0.2) is 17.2 Å². The number of hydrogen-bond acceptors (Lipinski definition) is 6. The van der Waals surface area contributed by atoms with Crippen LogP contribution in [0.1, 0.15) is 25.7 Å². The standard InChI is InChI=1S/C17H27N5O3/c1-20-6-2-3-14(20)10-18-15-9-16(24)22(12-19-15)11-17(25)4-7-21(13-23)8-5-17/h9,12-14,18,25H,2-8,10-11H2,1H3. The maximum Gasteiger partial charge on any atom is 0.255 e. The van der Waals surface area contributed by atoms with Crippen molar-refractivity contribution in [3.63, 3.8) is 0 Å². The van der Waals surface area contributed by atoms with E-state index in [4.69, 9.17) is 0 Å². The lowest BCUT2D eigenvalue weighted by atomic mass is 9.91. The zero-order valence-electron chi connectivity index (χ0n) is 14.7. The molecule has 1 aromatic heterocycles. The maximum absolute atomic E-state index is 12.3. The largest absolute Gasteiger partial charge is 0.388 e. The van der Waals surface area contributed by atoms with E-state index < -0.39 is 5.60 Å². The number of likely N-dealkylation sites (N-methyl/N-ethyl adjacent to an activating group) is 1. The number of nitrogens with zero attached hydrogens (tertiary/aromatic N) is 4. The third-order valence-electron chi connectivity index (χ3n) is 5.41. The Morgan fingerprint density at radius 3 is 2.76 bits per heavy atom. The van der Waals surface area contributed by atoms with Gasteiger partial charge in [0, 0.05) is 31.7 Å². The maximum atomic E-state index is 12.3. The summed E-state index contributed by atoms with van der Waals surface area (Å²) in [6, 6.07) is 1.96. The van der Waals surface area contributed by atoms with Crippen molar-refractivity contribution in [3.8, 4) is 0 Å². The normalized spacial score (nSPS) is 23.6. The summed E-state index contributed by atoms with van der Waals surface area (Å²) in [5, 5.41) is 13.9. The molecule has 3 rings (SSSR count). The van der Waals surface area contributed by atoms with Gasteiger partial charge in [-0.15, -0.1) is 0 Å². The van der Waals surface area contributed by atoms with Crippen molar-refractivity contribution in [1.29, 1.82) is 0 Å². The first-order chi connectivity index (χ1) is 12.0. The number of nitrogens with one attached hydrogen (secondary N) is 1. The summed E-state index contributed by atoms with van der Waals surface area (Å²) in [5.41, 5.74) is -1.14. The molecule has 0 aliphatic carbocycles. The molecule has 0 saturated carbocycles. The first kappa shape index (κ1) is 17.9. The van der Waals surface area contributed by atoms with Crippen LogP contribution in [0.3, 0.4) is 0 Å². The van der Waals surface area contributed by atoms with Crippen molar-refractivity contribution in [2.24, 2.45) is 0 Å². The minimum atomic E-state index is -0.966. The summed E-state index contributed by atoms with van der Waals surface area (Å²) in [5.74, 6) is 0.573. The van der Waals surface area contributed by atoms with E-state index in [0.29, 0.717) is 37.8 Å². The quantitative estimate of drug-likeness (QED) is 0.687. The number of anilines is 1. The highest BCUT2D eigenvalue weighted by atomic mass is 16.3. The fourth-order valence-electron chi connectivity index (χ4n) is 3.62. The Labute approximate surface area is 147 Å². The fourth-order valence-corrected chi connectivity index (χ4v) is 3.62. The molecule has 25 heavy (non-hydrogen) atoms. The minimum absolute atomic E-state index is 0.177. The molecule has 2 aliphatic heterocycles. The van der Waals surface area contributed by atoms with Crippen LogP contribution in [0.2, 0.25) is 0 Å². The summed E-state index contributed by atoms with van der Waals surface area (Å²) < 4.78 is 1.45. The van der Waals surface area contributed by atoms with Gasteiger partial charge in [0.15, 0.2) is 0 Å². The van der Waals surface area contributed by atoms with Crippen LogP contribution in [-0.4, -0.2) is 75.7 Å². The third kappa shape index (κ3) is 4.38. The van der Waals surface area contributed by atoms with Crippen molar-refractivity contribution in [2.75, 3.05) is 38.5 Å². The highest BCUT2D eigenvalue weighted by Gasteiger charge is 2.32. The van der Waals surface area contributed by atoms with E-state index in [9.17, 15) is 14.7 Å². The number of piperidine rings is 1. The molecular weight excluding hydrogens is 322 g/mol. The van der Waals surface area contributed by atoms with Gasteiger partial charge < -0.3 is 20.2 Å². The summed E-state index contributed by atoms with van der Waals surface area (Å²) in [6.07, 6.45) is 5.59. The number of likely N-dealkylation sites (tertiary alicyclic amines) is 2. The highest BCUT2D eigenvalue weighted by molar-refractivity contribution is 5.47. The Morgan fingerprint density at radius 1 is 1.40 bits per heavy atom. The van der Waals surface area contributed by atoms with Crippen LogP contribution < -0.4 is 10.9 Å². The summed E-state index contributed by atoms with van der Waals surface area (Å²) in [7, 11) is 2.11. The van der Waals surface area contributed by atoms with E-state index in [1.807, 2.05) is 0 Å². The van der Waals surface area contributed by atoms with E-state index in [0.717, 1.165) is 25.9 Å². The molecule has 0 aromatic carbocycles. The van der Waals surface area contributed by atoms with Gasteiger partial charge in [-0.25, -0.2) is 4.98 Å². The number of aliphatic hydroxyl groups is 1. The SMILES string of the molecule is CN1CCCC1CNc1cc(=O)n(CC2(O)CCN(C=O)CC2)cn1. The predicted octanol–water partition coefficient (Wildman–Crippen LogP) is -0.267. The van der Waals surface area contributed by atoms with Crippen molar-refractivity contribution in [2.45, 2.75) is 43.9 Å². The van der Waals surface area contributed by atoms with Gasteiger partial charge in [-0.2, -0.15) is 0 Å². The second-order valence-electron chi connectivity index (χ2n) is 7.26. The lowest BCUT2D eigenvalue weighted by molar-refractivity contribution is -0.122. The van der Waals surface area contributed by atoms with Crippen LogP contribution in [0, 0.1) is 0 Å². The summed E-state index contributed by atoms with van der Waals surface area (Å²) in [6.45, 7) is 3.12. The van der Waals surface area contributed by atoms with Crippen molar-refractivity contribution >= 4 is 12.2 Å². The molecule has 138 valence electrons. The predicted molar refractivity (Wildman–Crippen MR) is 94.5 cm³/mol. The Balaban J connectivity index is 1.58. The average molecular weight is 349 g/mol. The molecular formula is C17H27N5O3. The van der Waals surface area contributed by atoms with Gasteiger partial charge in [-0.05, 0) is 39.3 Å². The zero-order valence-corrected chi connectivity index (χ0v) is 14.7. The zero-order chi connectivity index (χ0) is 17.9. The van der Waals surface area contributed by atoms with Crippen molar-refractivity contribution in [3.05, 3.63) is 22.7 Å². The number of aromatic nitrogens is 2. The Morgan fingerprint density at radius 2 is 2.16 bits per heavy atom. The topological polar surface area (TPSA) is 90.7 Å². The number of rotatable bonds is 6. The molecule has 1 amide bonds. The molecule has 1 unspecified atom stereocenters. The van der Waals surface area contributed by atoms with E-state index in [1.165, 1.54) is 23.4 Å². The third-order valence-corrected chi connectivity index (χ3v) is 5.41. The molecule has 0 radical (unpaired) electrons. The highest BCUT2D eigenvalue weighted by Crippen LogP contribution is 2.23. The van der Waals surface area contributed by atoms with E-state index in [-0.39, 0.29) is 12.1 Å². The van der Waals surface area contributed by atoms with Gasteiger partial charge in [0.1, 0.15) is 5.82 Å². The van der Waals surface area contributed by atoms with Gasteiger partial charge in [-0.1, -0.05) is 0 Å². The molecule has 2 saturated heterocycles. The summed E-state index contributed by atoms with van der Waals surface area (Å²) in [4.78, 5) is 31.4. The lowest BCUT2D eigenvalue weighted by Crippen LogP contribution is -2.47. The van der Waals surface area contributed by atoms with E-state index >= 15 is 0 Å². The molecule has 3 heterocycles. The second kappa shape index (κ2) is 7.53. The van der Waals surface area contributed by atoms with Gasteiger partial charge >= 0.3 is 0 Å². The minimum Gasteiger partial charge on any atom is -0.388 e. The van der Waals surface area contributed by atoms with E-state index in [1.54, 1.807) is 4.90 Å². The Kier molecular flexibility index (Phi) is 5.39. The molecule has 8 nitrogen and oxygen atoms in total. The Bertz CT molecular complexity index is 654. The van der Waals surface area contributed by atoms with Crippen LogP contribution >= 0.6 is 0 Å². The summed E-state index contributed by atoms with van der Waals surface area (Å²) >= 11 is 0. The van der Waals surface area contributed by atoms with Gasteiger partial charge in [0.2, 0.25) is 6.41 Å². The van der Waals surface area contributed by atoms with Crippen LogP contribution in [-0.2, 0) is 11.3 Å². The van der Waals surface area contributed by atoms with Crippen LogP contribution in [0.5, 0.6) is 0 Å². The van der Waals surface area contributed by atoms with Crippen LogP contribution in [0.25, 0.3) is 0 Å². The molecule has 8 heteroatoms. The fraction of sp³-hybridized carbons (Fsp3) is 0.706. The average Bonchev–Trinajstić information content (AvgIpc) is 3.01. The van der Waals surface area contributed by atoms with Gasteiger partial charge in [0.05, 0.1) is 18.5 Å². The lowest BCUT2D eigenvalue weighted by Gasteiger charge is -2.36. The number of amides is 1.